The normalized spacial score (nSPS) is 23.3. The molecule has 12 nitrogen and oxygen atoms in total. The van der Waals surface area contributed by atoms with Gasteiger partial charge in [0.2, 0.25) is 5.79 Å². The topological polar surface area (TPSA) is 153 Å². The number of benzene rings is 4. The summed E-state index contributed by atoms with van der Waals surface area (Å²) in [5.41, 5.74) is 3.03. The molecular weight excluding hydrogens is 775 g/mol. The Bertz CT molecular complexity index is 2260. The summed E-state index contributed by atoms with van der Waals surface area (Å²) in [5.74, 6) is -0.819. The number of ether oxygens (including phenoxy) is 3. The van der Waals surface area contributed by atoms with Crippen LogP contribution in [0.15, 0.2) is 114 Å². The van der Waals surface area contributed by atoms with Gasteiger partial charge in [0.05, 0.1) is 29.2 Å². The first-order valence-electron chi connectivity index (χ1n) is 21.7. The van der Waals surface area contributed by atoms with Crippen LogP contribution < -0.4 is 9.47 Å². The molecule has 0 saturated heterocycles. The molecule has 2 aliphatic carbocycles. The van der Waals surface area contributed by atoms with Crippen molar-refractivity contribution in [2.45, 2.75) is 83.0 Å². The predicted octanol–water partition coefficient (Wildman–Crippen LogP) is 9.75. The van der Waals surface area contributed by atoms with Crippen molar-refractivity contribution in [3.05, 3.63) is 130 Å². The molecule has 1 amide bonds. The Labute approximate surface area is 357 Å². The zero-order valence-electron chi connectivity index (χ0n) is 35.1. The van der Waals surface area contributed by atoms with Gasteiger partial charge in [0.1, 0.15) is 29.9 Å². The highest BCUT2D eigenvalue weighted by atomic mass is 16.7. The second-order valence-corrected chi connectivity index (χ2v) is 16.1. The molecule has 1 saturated carbocycles. The first-order valence-corrected chi connectivity index (χ1v) is 21.7. The third-order valence-electron chi connectivity index (χ3n) is 12.3. The van der Waals surface area contributed by atoms with E-state index in [9.17, 15) is 20.3 Å². The average molecular weight is 832 g/mol. The number of amides is 1. The van der Waals surface area contributed by atoms with Crippen molar-refractivity contribution in [1.29, 1.82) is 0 Å². The average Bonchev–Trinajstić information content (AvgIpc) is 3.27. The van der Waals surface area contributed by atoms with Gasteiger partial charge in [-0.3, -0.25) is 14.9 Å². The molecule has 4 aromatic rings. The number of unbranched alkanes of at least 4 members (excludes halogenated alkanes) is 2. The van der Waals surface area contributed by atoms with Crippen LogP contribution >= 0.6 is 0 Å². The van der Waals surface area contributed by atoms with Gasteiger partial charge >= 0.3 is 0 Å². The van der Waals surface area contributed by atoms with Crippen molar-refractivity contribution in [2.75, 3.05) is 33.0 Å². The zero-order valence-corrected chi connectivity index (χ0v) is 35.1. The SMILES string of the molecule is C=CCO[C@@]12Oc3ccc(Oc4cccc([N+](=O)[O-])c4)cc3[C@H]3[C@H](CCCCO)[C@@H](CCCCO)C=C(C(=NOCC)C[C@@H]1N(CCC)C(=O)c1ccc4ccccc4c1)[C@H]32. The Balaban J connectivity index is 1.44. The summed E-state index contributed by atoms with van der Waals surface area (Å²) in [6.07, 6.45) is 9.46. The number of carbonyl (C=O) groups is 1. The predicted molar refractivity (Wildman–Crippen MR) is 235 cm³/mol. The third kappa shape index (κ3) is 9.07. The van der Waals surface area contributed by atoms with Gasteiger partial charge in [-0.15, -0.1) is 6.58 Å². The lowest BCUT2D eigenvalue weighted by atomic mass is 9.55. The summed E-state index contributed by atoms with van der Waals surface area (Å²) in [4.78, 5) is 34.1. The van der Waals surface area contributed by atoms with Crippen molar-refractivity contribution in [2.24, 2.45) is 22.9 Å². The highest BCUT2D eigenvalue weighted by Gasteiger charge is 2.65. The molecule has 1 fully saturated rings. The standard InChI is InChI=1S/C49H57N3O9/c1-4-24-51(48(55)36-21-20-33-14-7-8-15-34(33)28-36)45-32-43(50-59-6-3)41-29-35(16-9-11-25-53)40(19-10-12-26-54)46-42-31-39(60-38-18-13-17-37(30-38)52(56)57)22-23-44(42)61-49(45,47(41)46)58-27-5-2/h5,7-8,13-15,17-18,20-23,28-31,35,40,45-47,53-54H,2,4,6,9-12,16,19,24-27,32H2,1,3H3/t35-,40+,45-,46+,47+,49+/m0/s1. The van der Waals surface area contributed by atoms with E-state index in [-0.39, 0.29) is 49.2 Å². The number of nitrogens with zero attached hydrogens (tertiary/aromatic N) is 3. The second-order valence-electron chi connectivity index (χ2n) is 16.1. The zero-order chi connectivity index (χ0) is 42.9. The largest absolute Gasteiger partial charge is 0.459 e. The number of non-ortho nitro benzene ring substituents is 1. The van der Waals surface area contributed by atoms with E-state index in [4.69, 9.17) is 24.2 Å². The quantitative estimate of drug-likeness (QED) is 0.0384. The number of carbonyl (C=O) groups excluding carboxylic acids is 1. The molecule has 1 heterocycles. The Hall–Kier alpha value is -5.56. The Morgan fingerprint density at radius 1 is 0.967 bits per heavy atom. The number of oxime groups is 1. The van der Waals surface area contributed by atoms with Gasteiger partial charge in [0.15, 0.2) is 0 Å². The van der Waals surface area contributed by atoms with Gasteiger partial charge < -0.3 is 34.2 Å². The van der Waals surface area contributed by atoms with E-state index in [1.54, 1.807) is 24.3 Å². The third-order valence-corrected chi connectivity index (χ3v) is 12.3. The van der Waals surface area contributed by atoms with Crippen LogP contribution in [-0.2, 0) is 9.57 Å². The maximum absolute atomic E-state index is 15.1. The maximum atomic E-state index is 15.1. The number of hydrogen-bond donors (Lipinski definition) is 2. The number of aliphatic hydroxyl groups excluding tert-OH is 2. The van der Waals surface area contributed by atoms with Crippen molar-refractivity contribution >= 4 is 28.1 Å². The number of nitro groups is 1. The van der Waals surface area contributed by atoms with E-state index in [2.05, 4.69) is 19.6 Å². The molecule has 4 aromatic carbocycles. The molecule has 61 heavy (non-hydrogen) atoms. The molecular formula is C49H57N3O9. The number of aliphatic hydroxyl groups is 2. The molecule has 2 N–H and O–H groups in total. The van der Waals surface area contributed by atoms with Crippen LogP contribution in [-0.4, -0.2) is 76.5 Å². The minimum absolute atomic E-state index is 0.0179. The Morgan fingerprint density at radius 2 is 1.74 bits per heavy atom. The van der Waals surface area contributed by atoms with Gasteiger partial charge in [0.25, 0.3) is 11.6 Å². The minimum Gasteiger partial charge on any atom is -0.459 e. The lowest BCUT2D eigenvalue weighted by molar-refractivity contribution is -0.384. The number of nitro benzene ring substituents is 1. The fourth-order valence-corrected chi connectivity index (χ4v) is 9.78. The first kappa shape index (κ1) is 43.5. The summed E-state index contributed by atoms with van der Waals surface area (Å²) in [5, 5.41) is 38.3. The van der Waals surface area contributed by atoms with Crippen LogP contribution in [0.5, 0.6) is 17.2 Å². The molecule has 7 rings (SSSR count). The van der Waals surface area contributed by atoms with E-state index in [0.717, 1.165) is 53.3 Å². The highest BCUT2D eigenvalue weighted by Crippen LogP contribution is 2.62. The van der Waals surface area contributed by atoms with E-state index >= 15 is 4.79 Å². The van der Waals surface area contributed by atoms with Crippen molar-refractivity contribution in [3.8, 4) is 17.2 Å². The molecule has 0 bridgehead atoms. The molecule has 12 heteroatoms. The molecule has 1 aliphatic heterocycles. The van der Waals surface area contributed by atoms with Gasteiger partial charge in [0, 0.05) is 49.3 Å². The lowest BCUT2D eigenvalue weighted by Gasteiger charge is -2.60. The summed E-state index contributed by atoms with van der Waals surface area (Å²) in [6.45, 7) is 9.06. The Morgan fingerprint density at radius 3 is 2.48 bits per heavy atom. The highest BCUT2D eigenvalue weighted by molar-refractivity contribution is 6.04. The minimum atomic E-state index is -1.40. The molecule has 6 atom stereocenters. The van der Waals surface area contributed by atoms with Crippen molar-refractivity contribution < 1.29 is 39.0 Å². The molecule has 3 aliphatic rings. The van der Waals surface area contributed by atoms with Crippen LogP contribution in [0.3, 0.4) is 0 Å². The molecule has 0 radical (unpaired) electrons. The van der Waals surface area contributed by atoms with Crippen LogP contribution in [0.25, 0.3) is 10.8 Å². The van der Waals surface area contributed by atoms with E-state index in [0.29, 0.717) is 61.6 Å². The smallest absolute Gasteiger partial charge is 0.273 e. The van der Waals surface area contributed by atoms with Crippen molar-refractivity contribution in [3.63, 3.8) is 0 Å². The van der Waals surface area contributed by atoms with Gasteiger partial charge in [-0.1, -0.05) is 73.5 Å². The molecule has 0 spiro atoms. The number of rotatable bonds is 20. The molecule has 0 aromatic heterocycles. The number of hydrogen-bond acceptors (Lipinski definition) is 10. The summed E-state index contributed by atoms with van der Waals surface area (Å²) in [6, 6.07) is 24.9. The lowest BCUT2D eigenvalue weighted by Crippen LogP contribution is -2.70. The second kappa shape index (κ2) is 19.9. The number of fused-ring (bicyclic) bond motifs is 3. The van der Waals surface area contributed by atoms with Crippen LogP contribution in [0.2, 0.25) is 0 Å². The van der Waals surface area contributed by atoms with Gasteiger partial charge in [-0.2, -0.15) is 0 Å². The van der Waals surface area contributed by atoms with Gasteiger partial charge in [-0.05, 0) is 104 Å². The fourth-order valence-electron chi connectivity index (χ4n) is 9.78. The Kier molecular flexibility index (Phi) is 14.2. The summed E-state index contributed by atoms with van der Waals surface area (Å²) < 4.78 is 20.8. The maximum Gasteiger partial charge on any atom is 0.273 e. The first-order chi connectivity index (χ1) is 29.8. The van der Waals surface area contributed by atoms with Crippen LogP contribution in [0, 0.1) is 27.9 Å². The van der Waals surface area contributed by atoms with E-state index in [1.807, 2.05) is 66.4 Å². The van der Waals surface area contributed by atoms with E-state index in [1.165, 1.54) is 12.1 Å². The summed E-state index contributed by atoms with van der Waals surface area (Å²) >= 11 is 0. The van der Waals surface area contributed by atoms with Crippen LogP contribution in [0.4, 0.5) is 5.69 Å². The fraction of sp³-hybridized carbons (Fsp3) is 0.429. The summed E-state index contributed by atoms with van der Waals surface area (Å²) in [7, 11) is 0. The van der Waals surface area contributed by atoms with Crippen LogP contribution in [0.1, 0.15) is 87.1 Å². The van der Waals surface area contributed by atoms with Crippen molar-refractivity contribution in [1.82, 2.24) is 4.90 Å². The molecule has 322 valence electrons. The number of allylic oxidation sites excluding steroid dienone is 1. The van der Waals surface area contributed by atoms with E-state index < -0.39 is 22.7 Å². The van der Waals surface area contributed by atoms with Gasteiger partial charge in [-0.25, -0.2) is 0 Å². The molecule has 0 unspecified atom stereocenters. The monoisotopic (exact) mass is 831 g/mol.